The molecule has 11 heteroatoms. The van der Waals surface area contributed by atoms with E-state index in [0.29, 0.717) is 0 Å². The van der Waals surface area contributed by atoms with E-state index >= 15 is 0 Å². The lowest BCUT2D eigenvalue weighted by Crippen LogP contribution is -2.11. The van der Waals surface area contributed by atoms with E-state index in [1.165, 1.54) is 7.05 Å². The van der Waals surface area contributed by atoms with Crippen LogP contribution in [-0.2, 0) is 13.6 Å². The molecular weight excluding hydrogens is 252 g/mol. The third-order valence-electron chi connectivity index (χ3n) is 2.02. The van der Waals surface area contributed by atoms with Crippen LogP contribution in [0.5, 0.6) is 0 Å². The summed E-state index contributed by atoms with van der Waals surface area (Å²) in [5, 5.41) is 26.1. The van der Waals surface area contributed by atoms with Crippen LogP contribution in [0, 0.1) is 0 Å². The molecule has 0 aliphatic heterocycles. The molecule has 2 aromatic heterocycles. The second-order valence-corrected chi connectivity index (χ2v) is 3.28. The second-order valence-electron chi connectivity index (χ2n) is 3.28. The average molecular weight is 259 g/mol. The van der Waals surface area contributed by atoms with Crippen LogP contribution < -0.4 is 0 Å². The van der Waals surface area contributed by atoms with Crippen LogP contribution in [0.1, 0.15) is 28.4 Å². The van der Waals surface area contributed by atoms with Gasteiger partial charge in [-0.2, -0.15) is 4.80 Å². The summed E-state index contributed by atoms with van der Waals surface area (Å²) < 4.78 is 26.3. The summed E-state index contributed by atoms with van der Waals surface area (Å²) in [6.45, 7) is -0.228. The number of tetrazole rings is 1. The van der Waals surface area contributed by atoms with Crippen molar-refractivity contribution in [2.75, 3.05) is 0 Å². The molecule has 0 amide bonds. The maximum atomic E-state index is 12.8. The van der Waals surface area contributed by atoms with Crippen molar-refractivity contribution >= 4 is 5.97 Å². The van der Waals surface area contributed by atoms with Gasteiger partial charge >= 0.3 is 5.97 Å². The van der Waals surface area contributed by atoms with Gasteiger partial charge in [0.05, 0.1) is 7.05 Å². The highest BCUT2D eigenvalue weighted by Crippen LogP contribution is 2.21. The molecule has 0 saturated carbocycles. The van der Waals surface area contributed by atoms with Crippen molar-refractivity contribution in [1.29, 1.82) is 0 Å². The number of carboxylic acids is 1. The Morgan fingerprint density at radius 2 is 2.11 bits per heavy atom. The molecule has 1 N–H and O–H groups in total. The van der Waals surface area contributed by atoms with Gasteiger partial charge in [-0.1, -0.05) is 5.21 Å². The van der Waals surface area contributed by atoms with Crippen LogP contribution >= 0.6 is 0 Å². The molecular formula is C7H7F2N7O2. The summed E-state index contributed by atoms with van der Waals surface area (Å²) in [4.78, 5) is 11.8. The molecule has 0 radical (unpaired) electrons. The number of rotatable bonds is 4. The Hall–Kier alpha value is -2.46. The molecule has 9 nitrogen and oxygen atoms in total. The zero-order chi connectivity index (χ0) is 13.3. The number of hydrogen-bond donors (Lipinski definition) is 1. The number of alkyl halides is 2. The molecule has 96 valence electrons. The van der Waals surface area contributed by atoms with Gasteiger partial charge in [0.15, 0.2) is 11.5 Å². The smallest absolute Gasteiger partial charge is 0.358 e. The van der Waals surface area contributed by atoms with Gasteiger partial charge in [-0.25, -0.2) is 18.3 Å². The number of aryl methyl sites for hydroxylation is 1. The maximum Gasteiger partial charge on any atom is 0.358 e. The third-order valence-corrected chi connectivity index (χ3v) is 2.02. The van der Waals surface area contributed by atoms with Crippen LogP contribution in [0.4, 0.5) is 8.78 Å². The molecule has 0 unspecified atom stereocenters. The molecule has 0 saturated heterocycles. The highest BCUT2D eigenvalue weighted by Gasteiger charge is 2.26. The number of aromatic carboxylic acids is 1. The molecule has 0 aliphatic rings. The Bertz CT molecular complexity index is 578. The van der Waals surface area contributed by atoms with Gasteiger partial charge in [-0.05, 0) is 5.21 Å². The number of carboxylic acid groups (broad SMARTS) is 1. The fraction of sp³-hybridized carbons (Fsp3) is 0.429. The highest BCUT2D eigenvalue weighted by molar-refractivity contribution is 5.86. The van der Waals surface area contributed by atoms with Crippen LogP contribution in [0.15, 0.2) is 0 Å². The van der Waals surface area contributed by atoms with Crippen LogP contribution in [0.3, 0.4) is 0 Å². The van der Waals surface area contributed by atoms with Crippen molar-refractivity contribution < 1.29 is 18.7 Å². The first-order chi connectivity index (χ1) is 8.49. The van der Waals surface area contributed by atoms with E-state index in [4.69, 9.17) is 5.11 Å². The molecule has 0 spiro atoms. The molecule has 0 bridgehead atoms. The highest BCUT2D eigenvalue weighted by atomic mass is 19.3. The van der Waals surface area contributed by atoms with Crippen LogP contribution in [-0.4, -0.2) is 46.3 Å². The number of aromatic nitrogens is 7. The lowest BCUT2D eigenvalue weighted by molar-refractivity contribution is 0.0675. The summed E-state index contributed by atoms with van der Waals surface area (Å²) in [5.41, 5.74) is -1.57. The molecule has 0 aliphatic carbocycles. The average Bonchev–Trinajstić information content (AvgIpc) is 2.85. The van der Waals surface area contributed by atoms with Crippen molar-refractivity contribution in [3.05, 3.63) is 17.2 Å². The topological polar surface area (TPSA) is 112 Å². The fourth-order valence-corrected chi connectivity index (χ4v) is 1.33. The Labute approximate surface area is 98.0 Å². The third kappa shape index (κ3) is 2.14. The minimum absolute atomic E-state index is 0.126. The Morgan fingerprint density at radius 1 is 1.39 bits per heavy atom. The molecule has 2 heterocycles. The summed E-state index contributed by atoms with van der Waals surface area (Å²) >= 11 is 0. The zero-order valence-corrected chi connectivity index (χ0v) is 9.03. The molecule has 0 aromatic carbocycles. The van der Waals surface area contributed by atoms with E-state index in [0.717, 1.165) is 9.48 Å². The van der Waals surface area contributed by atoms with Crippen molar-refractivity contribution in [3.63, 3.8) is 0 Å². The van der Waals surface area contributed by atoms with Crippen molar-refractivity contribution in [2.45, 2.75) is 13.0 Å². The minimum Gasteiger partial charge on any atom is -0.476 e. The van der Waals surface area contributed by atoms with Crippen LogP contribution in [0.2, 0.25) is 0 Å². The lowest BCUT2D eigenvalue weighted by Gasteiger charge is -2.02. The summed E-state index contributed by atoms with van der Waals surface area (Å²) in [6.07, 6.45) is -3.01. The van der Waals surface area contributed by atoms with Crippen molar-refractivity contribution in [2.24, 2.45) is 7.05 Å². The quantitative estimate of drug-likeness (QED) is 0.786. The van der Waals surface area contributed by atoms with Gasteiger partial charge in [-0.3, -0.25) is 0 Å². The van der Waals surface area contributed by atoms with Crippen LogP contribution in [0.25, 0.3) is 0 Å². The van der Waals surface area contributed by atoms with Gasteiger partial charge in [0.25, 0.3) is 6.43 Å². The number of hydrogen-bond acceptors (Lipinski definition) is 6. The van der Waals surface area contributed by atoms with Crippen molar-refractivity contribution in [3.8, 4) is 0 Å². The molecule has 18 heavy (non-hydrogen) atoms. The van der Waals surface area contributed by atoms with E-state index < -0.39 is 23.8 Å². The minimum atomic E-state index is -3.01. The van der Waals surface area contributed by atoms with E-state index in [2.05, 4.69) is 25.7 Å². The van der Waals surface area contributed by atoms with E-state index in [-0.39, 0.29) is 12.4 Å². The first-order valence-electron chi connectivity index (χ1n) is 4.66. The number of nitrogens with zero attached hydrogens (tertiary/aromatic N) is 7. The largest absolute Gasteiger partial charge is 0.476 e. The number of halogens is 2. The zero-order valence-electron chi connectivity index (χ0n) is 9.03. The molecule has 2 aromatic rings. The summed E-state index contributed by atoms with van der Waals surface area (Å²) in [7, 11) is 1.51. The van der Waals surface area contributed by atoms with E-state index in [1.54, 1.807) is 0 Å². The summed E-state index contributed by atoms with van der Waals surface area (Å²) in [6, 6.07) is 0. The Balaban J connectivity index is 2.36. The van der Waals surface area contributed by atoms with Gasteiger partial charge in [0.1, 0.15) is 12.2 Å². The second kappa shape index (κ2) is 4.43. The van der Waals surface area contributed by atoms with Gasteiger partial charge in [-0.15, -0.1) is 15.3 Å². The SMILES string of the molecule is Cn1nnc(Cn2nnc(C(=O)O)c2C(F)F)n1. The molecule has 0 atom stereocenters. The fourth-order valence-electron chi connectivity index (χ4n) is 1.33. The predicted octanol–water partition coefficient (Wildman–Crippen LogP) is -0.514. The van der Waals surface area contributed by atoms with E-state index in [1.807, 2.05) is 0 Å². The van der Waals surface area contributed by atoms with Gasteiger partial charge < -0.3 is 5.11 Å². The first kappa shape index (κ1) is 12.0. The monoisotopic (exact) mass is 259 g/mol. The normalized spacial score (nSPS) is 11.1. The Morgan fingerprint density at radius 3 is 2.61 bits per heavy atom. The van der Waals surface area contributed by atoms with Gasteiger partial charge in [0, 0.05) is 0 Å². The van der Waals surface area contributed by atoms with Gasteiger partial charge in [0.2, 0.25) is 0 Å². The molecule has 2 rings (SSSR count). The van der Waals surface area contributed by atoms with Crippen molar-refractivity contribution in [1.82, 2.24) is 35.2 Å². The van der Waals surface area contributed by atoms with E-state index in [9.17, 15) is 13.6 Å². The standard InChI is InChI=1S/C7H7F2N7O2/c1-15-12-3(10-13-15)2-16-5(6(8)9)4(7(17)18)11-14-16/h6H,2H2,1H3,(H,17,18). The lowest BCUT2D eigenvalue weighted by atomic mass is 10.3. The number of carbonyl (C=O) groups is 1. The Kier molecular flexibility index (Phi) is 2.95. The first-order valence-corrected chi connectivity index (χ1v) is 4.66. The predicted molar refractivity (Wildman–Crippen MR) is 49.8 cm³/mol. The maximum absolute atomic E-state index is 12.8. The summed E-state index contributed by atoms with van der Waals surface area (Å²) in [5.74, 6) is -1.44. The molecule has 0 fully saturated rings.